The van der Waals surface area contributed by atoms with E-state index in [1.165, 1.54) is 17.5 Å². The summed E-state index contributed by atoms with van der Waals surface area (Å²) in [6.45, 7) is 2.00. The standard InChI is InChI=1S/C17H17N3O2S2/c1-2-15-9-11-17(23-15)24(21,22)20-14-8-10-16(18-12-14)19-13-6-4-3-5-7-13/h3-12,20H,2H2,1H3,(H,18,19). The summed E-state index contributed by atoms with van der Waals surface area (Å²) in [6, 6.07) is 16.5. The second-order valence-corrected chi connectivity index (χ2v) is 8.18. The van der Waals surface area contributed by atoms with Crippen molar-refractivity contribution in [3.8, 4) is 0 Å². The molecule has 3 aromatic rings. The number of hydrogen-bond acceptors (Lipinski definition) is 5. The number of aromatic nitrogens is 1. The van der Waals surface area contributed by atoms with Crippen molar-refractivity contribution in [1.82, 2.24) is 4.98 Å². The highest BCUT2D eigenvalue weighted by molar-refractivity contribution is 7.94. The number of thiophene rings is 1. The van der Waals surface area contributed by atoms with E-state index in [1.54, 1.807) is 18.2 Å². The first-order valence-corrected chi connectivity index (χ1v) is 9.76. The van der Waals surface area contributed by atoms with Crippen LogP contribution in [0.25, 0.3) is 0 Å². The normalized spacial score (nSPS) is 11.2. The smallest absolute Gasteiger partial charge is 0.271 e. The molecule has 1 aromatic carbocycles. The molecule has 2 aromatic heterocycles. The first kappa shape index (κ1) is 16.5. The van der Waals surface area contributed by atoms with E-state index in [9.17, 15) is 8.42 Å². The Balaban J connectivity index is 1.71. The molecule has 0 saturated heterocycles. The zero-order valence-corrected chi connectivity index (χ0v) is 14.7. The van der Waals surface area contributed by atoms with Crippen LogP contribution in [0.3, 0.4) is 0 Å². The number of sulfonamides is 1. The van der Waals surface area contributed by atoms with E-state index >= 15 is 0 Å². The number of pyridine rings is 1. The van der Waals surface area contributed by atoms with E-state index in [0.717, 1.165) is 17.0 Å². The zero-order valence-electron chi connectivity index (χ0n) is 13.1. The van der Waals surface area contributed by atoms with Gasteiger partial charge in [-0.1, -0.05) is 25.1 Å². The van der Waals surface area contributed by atoms with Crippen molar-refractivity contribution in [2.45, 2.75) is 17.6 Å². The fraction of sp³-hybridized carbons (Fsp3) is 0.118. The molecular formula is C17H17N3O2S2. The molecule has 3 rings (SSSR count). The van der Waals surface area contributed by atoms with Gasteiger partial charge in [0.25, 0.3) is 10.0 Å². The number of aryl methyl sites for hydroxylation is 1. The van der Waals surface area contributed by atoms with Gasteiger partial charge in [-0.25, -0.2) is 13.4 Å². The Morgan fingerprint density at radius 1 is 1.00 bits per heavy atom. The number of nitrogens with zero attached hydrogens (tertiary/aromatic N) is 1. The van der Waals surface area contributed by atoms with Crippen molar-refractivity contribution in [2.24, 2.45) is 0 Å². The van der Waals surface area contributed by atoms with Gasteiger partial charge >= 0.3 is 0 Å². The van der Waals surface area contributed by atoms with Gasteiger partial charge in [-0.15, -0.1) is 11.3 Å². The number of anilines is 3. The van der Waals surface area contributed by atoms with Crippen molar-refractivity contribution < 1.29 is 8.42 Å². The molecule has 124 valence electrons. The number of nitrogens with one attached hydrogen (secondary N) is 2. The maximum atomic E-state index is 12.4. The first-order valence-electron chi connectivity index (χ1n) is 7.46. The lowest BCUT2D eigenvalue weighted by atomic mass is 10.3. The van der Waals surface area contributed by atoms with Gasteiger partial charge in [0, 0.05) is 10.6 Å². The van der Waals surface area contributed by atoms with Crippen LogP contribution < -0.4 is 10.0 Å². The van der Waals surface area contributed by atoms with E-state index in [0.29, 0.717) is 15.7 Å². The summed E-state index contributed by atoms with van der Waals surface area (Å²) in [5.74, 6) is 0.647. The second kappa shape index (κ2) is 7.02. The maximum Gasteiger partial charge on any atom is 0.271 e. The molecule has 0 amide bonds. The average Bonchev–Trinajstić information content (AvgIpc) is 3.08. The summed E-state index contributed by atoms with van der Waals surface area (Å²) in [7, 11) is -3.57. The molecule has 0 aliphatic heterocycles. The Morgan fingerprint density at radius 2 is 1.79 bits per heavy atom. The van der Waals surface area contributed by atoms with Crippen LogP contribution in [-0.2, 0) is 16.4 Å². The number of hydrogen-bond donors (Lipinski definition) is 2. The largest absolute Gasteiger partial charge is 0.340 e. The third kappa shape index (κ3) is 3.93. The van der Waals surface area contributed by atoms with Gasteiger partial charge in [0.05, 0.1) is 11.9 Å². The summed E-state index contributed by atoms with van der Waals surface area (Å²) in [5.41, 5.74) is 1.35. The lowest BCUT2D eigenvalue weighted by molar-refractivity contribution is 0.603. The van der Waals surface area contributed by atoms with Gasteiger partial charge in [0.2, 0.25) is 0 Å². The molecule has 0 radical (unpaired) electrons. The van der Waals surface area contributed by atoms with Crippen LogP contribution in [0, 0.1) is 0 Å². The van der Waals surface area contributed by atoms with E-state index in [4.69, 9.17) is 0 Å². The Morgan fingerprint density at radius 3 is 2.42 bits per heavy atom. The summed E-state index contributed by atoms with van der Waals surface area (Å²) in [6.07, 6.45) is 2.32. The van der Waals surface area contributed by atoms with Crippen LogP contribution in [0.5, 0.6) is 0 Å². The zero-order chi connectivity index (χ0) is 17.0. The van der Waals surface area contributed by atoms with Gasteiger partial charge < -0.3 is 5.32 Å². The lowest BCUT2D eigenvalue weighted by Gasteiger charge is -2.08. The van der Waals surface area contributed by atoms with Crippen molar-refractivity contribution in [3.63, 3.8) is 0 Å². The highest BCUT2D eigenvalue weighted by Gasteiger charge is 2.16. The number of benzene rings is 1. The minimum absolute atomic E-state index is 0.311. The van der Waals surface area contributed by atoms with Crippen LogP contribution >= 0.6 is 11.3 Å². The van der Waals surface area contributed by atoms with Crippen LogP contribution in [0.15, 0.2) is 65.0 Å². The second-order valence-electron chi connectivity index (χ2n) is 5.10. The predicted molar refractivity (Wildman–Crippen MR) is 98.5 cm³/mol. The highest BCUT2D eigenvalue weighted by atomic mass is 32.2. The Kier molecular flexibility index (Phi) is 4.82. The molecule has 0 fully saturated rings. The average molecular weight is 359 g/mol. The first-order chi connectivity index (χ1) is 11.6. The molecule has 2 heterocycles. The third-order valence-corrected chi connectivity index (χ3v) is 6.41. The van der Waals surface area contributed by atoms with Crippen molar-refractivity contribution >= 4 is 38.6 Å². The molecule has 0 aliphatic carbocycles. The minimum atomic E-state index is -3.57. The van der Waals surface area contributed by atoms with E-state index < -0.39 is 10.0 Å². The van der Waals surface area contributed by atoms with Gasteiger partial charge in [0.15, 0.2) is 0 Å². The predicted octanol–water partition coefficient (Wildman–Crippen LogP) is 4.25. The number of para-hydroxylation sites is 1. The minimum Gasteiger partial charge on any atom is -0.340 e. The Bertz CT molecular complexity index is 905. The molecule has 0 saturated carbocycles. The molecule has 24 heavy (non-hydrogen) atoms. The highest BCUT2D eigenvalue weighted by Crippen LogP contribution is 2.24. The SMILES string of the molecule is CCc1ccc(S(=O)(=O)Nc2ccc(Nc3ccccc3)nc2)s1. The summed E-state index contributed by atoms with van der Waals surface area (Å²) < 4.78 is 27.6. The fourth-order valence-electron chi connectivity index (χ4n) is 2.10. The molecule has 0 unspecified atom stereocenters. The molecule has 5 nitrogen and oxygen atoms in total. The van der Waals surface area contributed by atoms with Crippen LogP contribution in [-0.4, -0.2) is 13.4 Å². The topological polar surface area (TPSA) is 71.1 Å². The van der Waals surface area contributed by atoms with E-state index in [-0.39, 0.29) is 0 Å². The maximum absolute atomic E-state index is 12.4. The van der Waals surface area contributed by atoms with Crippen molar-refractivity contribution in [2.75, 3.05) is 10.0 Å². The van der Waals surface area contributed by atoms with Gasteiger partial charge in [0.1, 0.15) is 10.0 Å². The molecule has 7 heteroatoms. The van der Waals surface area contributed by atoms with Gasteiger partial charge in [-0.3, -0.25) is 4.72 Å². The van der Waals surface area contributed by atoms with E-state index in [2.05, 4.69) is 15.0 Å². The fourth-order valence-corrected chi connectivity index (χ4v) is 4.43. The van der Waals surface area contributed by atoms with Crippen molar-refractivity contribution in [1.29, 1.82) is 0 Å². The molecule has 2 N–H and O–H groups in total. The van der Waals surface area contributed by atoms with Crippen LogP contribution in [0.2, 0.25) is 0 Å². The summed E-state index contributed by atoms with van der Waals surface area (Å²) in [4.78, 5) is 5.28. The molecule has 0 atom stereocenters. The van der Waals surface area contributed by atoms with Gasteiger partial charge in [-0.2, -0.15) is 0 Å². The summed E-state index contributed by atoms with van der Waals surface area (Å²) in [5, 5.41) is 3.15. The van der Waals surface area contributed by atoms with E-state index in [1.807, 2.05) is 43.3 Å². The van der Waals surface area contributed by atoms with Crippen LogP contribution in [0.1, 0.15) is 11.8 Å². The van der Waals surface area contributed by atoms with Crippen LogP contribution in [0.4, 0.5) is 17.2 Å². The molecule has 0 spiro atoms. The van der Waals surface area contributed by atoms with Gasteiger partial charge in [-0.05, 0) is 42.8 Å². The lowest BCUT2D eigenvalue weighted by Crippen LogP contribution is -2.11. The third-order valence-electron chi connectivity index (χ3n) is 3.31. The molecule has 0 aliphatic rings. The Labute approximate surface area is 145 Å². The molecule has 0 bridgehead atoms. The summed E-state index contributed by atoms with van der Waals surface area (Å²) >= 11 is 1.28. The molecular weight excluding hydrogens is 342 g/mol. The monoisotopic (exact) mass is 359 g/mol. The quantitative estimate of drug-likeness (QED) is 0.690. The number of rotatable bonds is 6. The Hall–Kier alpha value is -2.38. The van der Waals surface area contributed by atoms with Crippen molar-refractivity contribution in [3.05, 3.63) is 65.7 Å².